The van der Waals surface area contributed by atoms with Crippen molar-refractivity contribution in [3.8, 4) is 5.75 Å². The van der Waals surface area contributed by atoms with E-state index in [-0.39, 0.29) is 17.8 Å². The molecular weight excluding hydrogens is 492 g/mol. The van der Waals surface area contributed by atoms with Crippen molar-refractivity contribution in [1.29, 1.82) is 0 Å². The fourth-order valence-electron chi connectivity index (χ4n) is 7.52. The first-order valence-electron chi connectivity index (χ1n) is 12.6. The maximum Gasteiger partial charge on any atom is 0.209 e. The molecule has 9 nitrogen and oxygen atoms in total. The Balaban J connectivity index is 2.17. The molecule has 0 aromatic heterocycles. The number of aliphatic hydroxyl groups excluding tert-OH is 3. The van der Waals surface area contributed by atoms with Gasteiger partial charge in [0.2, 0.25) is 5.78 Å². The lowest BCUT2D eigenvalue weighted by atomic mass is 9.41. The average Bonchev–Trinajstić information content (AvgIpc) is 2.80. The van der Waals surface area contributed by atoms with E-state index in [4.69, 9.17) is 0 Å². The molecule has 0 heterocycles. The summed E-state index contributed by atoms with van der Waals surface area (Å²) in [5.41, 5.74) is -7.10. The number of ketones is 4. The van der Waals surface area contributed by atoms with Gasteiger partial charge < -0.3 is 25.5 Å². The highest BCUT2D eigenvalue weighted by Gasteiger charge is 2.76. The third kappa shape index (κ3) is 3.00. The Kier molecular flexibility index (Phi) is 6.09. The van der Waals surface area contributed by atoms with Gasteiger partial charge in [-0.1, -0.05) is 40.7 Å². The van der Waals surface area contributed by atoms with Crippen LogP contribution in [-0.4, -0.2) is 60.4 Å². The van der Waals surface area contributed by atoms with Crippen molar-refractivity contribution in [2.75, 3.05) is 0 Å². The van der Waals surface area contributed by atoms with E-state index >= 15 is 0 Å². The van der Waals surface area contributed by atoms with E-state index < -0.39 is 86.1 Å². The standard InChI is InChI=1S/C29H34O9/c1-11(2)20-22(33)18(14(5)31)24(35)29(38)25(36)21-23(34)19-16(32)9-8-15(10-12(3)30)17(19)13(4)27(21,6)26(37)28(20,29)7/h8-9,11,13,20,26,32-33,36-38H,10H2,1-7H3/t13-,20?,26-,27+,28+,29+/m1/s1. The monoisotopic (exact) mass is 526 g/mol. The van der Waals surface area contributed by atoms with E-state index in [1.54, 1.807) is 20.8 Å². The number of benzene rings is 1. The number of carbonyl (C=O) groups is 4. The number of fused-ring (bicyclic) bond motifs is 3. The highest BCUT2D eigenvalue weighted by Crippen LogP contribution is 2.67. The fourth-order valence-corrected chi connectivity index (χ4v) is 7.52. The Morgan fingerprint density at radius 2 is 1.63 bits per heavy atom. The summed E-state index contributed by atoms with van der Waals surface area (Å²) in [6, 6.07) is 2.79. The van der Waals surface area contributed by atoms with Gasteiger partial charge >= 0.3 is 0 Å². The van der Waals surface area contributed by atoms with E-state index in [2.05, 4.69) is 0 Å². The summed E-state index contributed by atoms with van der Waals surface area (Å²) in [6.45, 7) is 10.3. The number of Topliss-reactive ketones (excluding diaryl/α,β-unsaturated/α-hetero) is 4. The van der Waals surface area contributed by atoms with Gasteiger partial charge in [-0.25, -0.2) is 0 Å². The third-order valence-corrected chi connectivity index (χ3v) is 9.34. The lowest BCUT2D eigenvalue weighted by molar-refractivity contribution is -0.211. The summed E-state index contributed by atoms with van der Waals surface area (Å²) in [5, 5.41) is 57.9. The number of allylic oxidation sites excluding steroid dienone is 1. The van der Waals surface area contributed by atoms with Crippen LogP contribution in [0.5, 0.6) is 5.75 Å². The second-order valence-corrected chi connectivity index (χ2v) is 11.7. The summed E-state index contributed by atoms with van der Waals surface area (Å²) >= 11 is 0. The van der Waals surface area contributed by atoms with Crippen LogP contribution in [-0.2, 0) is 20.8 Å². The maximum atomic E-state index is 14.0. The van der Waals surface area contributed by atoms with Crippen molar-refractivity contribution < 1.29 is 44.7 Å². The topological polar surface area (TPSA) is 169 Å². The molecule has 0 fully saturated rings. The molecule has 6 atom stereocenters. The summed E-state index contributed by atoms with van der Waals surface area (Å²) in [4.78, 5) is 52.2. The highest BCUT2D eigenvalue weighted by molar-refractivity contribution is 6.25. The Morgan fingerprint density at radius 1 is 1.05 bits per heavy atom. The zero-order valence-corrected chi connectivity index (χ0v) is 22.5. The Morgan fingerprint density at radius 3 is 2.13 bits per heavy atom. The molecule has 0 aliphatic heterocycles. The lowest BCUT2D eigenvalue weighted by Gasteiger charge is -2.63. The first-order chi connectivity index (χ1) is 17.4. The van der Waals surface area contributed by atoms with Crippen LogP contribution in [0, 0.1) is 22.7 Å². The second-order valence-electron chi connectivity index (χ2n) is 11.7. The smallest absolute Gasteiger partial charge is 0.209 e. The van der Waals surface area contributed by atoms with E-state index in [1.807, 2.05) is 0 Å². The molecule has 9 heteroatoms. The van der Waals surface area contributed by atoms with Gasteiger partial charge in [0.15, 0.2) is 17.2 Å². The second kappa shape index (κ2) is 8.35. The Labute approximate surface area is 220 Å². The molecule has 0 amide bonds. The van der Waals surface area contributed by atoms with Gasteiger partial charge in [0.1, 0.15) is 28.6 Å². The van der Waals surface area contributed by atoms with Crippen LogP contribution in [0.3, 0.4) is 0 Å². The number of hydrogen-bond donors (Lipinski definition) is 5. The molecule has 0 saturated carbocycles. The van der Waals surface area contributed by atoms with Crippen molar-refractivity contribution >= 4 is 23.1 Å². The van der Waals surface area contributed by atoms with Gasteiger partial charge in [0, 0.05) is 23.2 Å². The van der Waals surface area contributed by atoms with E-state index in [9.17, 15) is 44.7 Å². The van der Waals surface area contributed by atoms with Crippen molar-refractivity contribution in [3.05, 3.63) is 51.5 Å². The largest absolute Gasteiger partial charge is 0.511 e. The van der Waals surface area contributed by atoms with Crippen LogP contribution in [0.15, 0.2) is 34.8 Å². The van der Waals surface area contributed by atoms with Crippen molar-refractivity contribution in [1.82, 2.24) is 0 Å². The molecule has 3 aliphatic rings. The van der Waals surface area contributed by atoms with Crippen LogP contribution in [0.2, 0.25) is 0 Å². The zero-order valence-electron chi connectivity index (χ0n) is 22.5. The quantitative estimate of drug-likeness (QED) is 0.370. The third-order valence-electron chi connectivity index (χ3n) is 9.34. The van der Waals surface area contributed by atoms with E-state index in [0.717, 1.165) is 6.92 Å². The first kappa shape index (κ1) is 27.7. The predicted octanol–water partition coefficient (Wildman–Crippen LogP) is 3.01. The minimum Gasteiger partial charge on any atom is -0.511 e. The SMILES string of the molecule is CC(=O)Cc1ccc(O)c2c1[C@@H](C)[C@@]1(C)C(=C(O)[C@@]3(O)C(=O)C(C(C)=O)=C(O)C(C(C)C)[C@@]3(C)[C@@H]1O)C2=O. The Bertz CT molecular complexity index is 1380. The van der Waals surface area contributed by atoms with Gasteiger partial charge in [0.25, 0.3) is 0 Å². The molecule has 1 aromatic carbocycles. The van der Waals surface area contributed by atoms with Gasteiger partial charge in [-0.05, 0) is 42.9 Å². The van der Waals surface area contributed by atoms with E-state index in [1.165, 1.54) is 32.9 Å². The molecule has 4 rings (SSSR count). The Hall–Kier alpha value is -3.30. The molecule has 0 saturated heterocycles. The summed E-state index contributed by atoms with van der Waals surface area (Å²) < 4.78 is 0. The van der Waals surface area contributed by atoms with Gasteiger partial charge in [-0.15, -0.1) is 0 Å². The van der Waals surface area contributed by atoms with Crippen molar-refractivity contribution in [2.24, 2.45) is 22.7 Å². The van der Waals surface area contributed by atoms with Crippen LogP contribution < -0.4 is 0 Å². The summed E-state index contributed by atoms with van der Waals surface area (Å²) in [5.74, 6) is -7.77. The molecule has 3 aliphatic carbocycles. The number of aromatic hydroxyl groups is 1. The molecule has 0 spiro atoms. The predicted molar refractivity (Wildman–Crippen MR) is 136 cm³/mol. The summed E-state index contributed by atoms with van der Waals surface area (Å²) in [6.07, 6.45) is -1.76. The van der Waals surface area contributed by atoms with Crippen LogP contribution in [0.4, 0.5) is 0 Å². The van der Waals surface area contributed by atoms with Gasteiger partial charge in [-0.3, -0.25) is 19.2 Å². The van der Waals surface area contributed by atoms with Crippen molar-refractivity contribution in [2.45, 2.75) is 72.5 Å². The molecule has 0 radical (unpaired) electrons. The summed E-state index contributed by atoms with van der Waals surface area (Å²) in [7, 11) is 0. The minimum absolute atomic E-state index is 0.0444. The number of carbonyl (C=O) groups excluding carboxylic acids is 4. The molecule has 1 unspecified atom stereocenters. The average molecular weight is 527 g/mol. The van der Waals surface area contributed by atoms with E-state index in [0.29, 0.717) is 11.1 Å². The number of phenolic OH excluding ortho intramolecular Hbond substituents is 1. The fraction of sp³-hybridized carbons (Fsp3) is 0.517. The highest BCUT2D eigenvalue weighted by atomic mass is 16.4. The van der Waals surface area contributed by atoms with Gasteiger partial charge in [0.05, 0.1) is 17.2 Å². The molecule has 0 bridgehead atoms. The molecular formula is C29H34O9. The molecule has 1 aromatic rings. The molecule has 204 valence electrons. The van der Waals surface area contributed by atoms with Crippen LogP contribution >= 0.6 is 0 Å². The minimum atomic E-state index is -2.93. The molecule has 38 heavy (non-hydrogen) atoms. The van der Waals surface area contributed by atoms with Gasteiger partial charge in [-0.2, -0.15) is 0 Å². The van der Waals surface area contributed by atoms with Crippen LogP contribution in [0.1, 0.15) is 75.9 Å². The number of aliphatic hydroxyl groups is 4. The normalized spacial score (nSPS) is 34.7. The number of hydrogen-bond acceptors (Lipinski definition) is 9. The number of phenols is 1. The lowest BCUT2D eigenvalue weighted by Crippen LogP contribution is -2.73. The molecule has 5 N–H and O–H groups in total. The number of rotatable bonds is 4. The maximum absolute atomic E-state index is 14.0. The van der Waals surface area contributed by atoms with Crippen LogP contribution in [0.25, 0.3) is 0 Å². The zero-order chi connectivity index (χ0) is 28.9. The first-order valence-corrected chi connectivity index (χ1v) is 12.6. The van der Waals surface area contributed by atoms with Crippen molar-refractivity contribution in [3.63, 3.8) is 0 Å².